The number of nitrogens with two attached hydrogens (primary N) is 1. The average molecular weight is 446 g/mol. The lowest BCUT2D eigenvalue weighted by molar-refractivity contribution is -0.135. The van der Waals surface area contributed by atoms with Crippen LogP contribution < -0.4 is 10.5 Å². The van der Waals surface area contributed by atoms with E-state index >= 15 is 0 Å². The summed E-state index contributed by atoms with van der Waals surface area (Å²) in [7, 11) is 0. The quantitative estimate of drug-likeness (QED) is 0.491. The smallest absolute Gasteiger partial charge is 0.313 e. The van der Waals surface area contributed by atoms with E-state index < -0.39 is 0 Å². The summed E-state index contributed by atoms with van der Waals surface area (Å²) in [5.41, 5.74) is 6.68. The van der Waals surface area contributed by atoms with E-state index in [1.54, 1.807) is 0 Å². The standard InChI is InChI=1S/C9H7Br2NO2.C4H8O2.ClH/c10-4-1-5-7(12)3-8(13)14-9(5)6(11)2-4;1-2-6-4-3-5-1;/h1-2,7H,3,12H2;1-4H2;1H. The first-order chi connectivity index (χ1) is 9.58. The molecular formula is C13H16Br2ClNO4. The molecule has 21 heavy (non-hydrogen) atoms. The molecular weight excluding hydrogens is 429 g/mol. The molecule has 0 bridgehead atoms. The summed E-state index contributed by atoms with van der Waals surface area (Å²) in [4.78, 5) is 11.1. The van der Waals surface area contributed by atoms with E-state index in [4.69, 9.17) is 19.9 Å². The van der Waals surface area contributed by atoms with Gasteiger partial charge in [-0.05, 0) is 28.1 Å². The largest absolute Gasteiger partial charge is 0.425 e. The lowest BCUT2D eigenvalue weighted by Crippen LogP contribution is -2.25. The van der Waals surface area contributed by atoms with Crippen LogP contribution in [0.5, 0.6) is 5.75 Å². The average Bonchev–Trinajstić information content (AvgIpc) is 2.43. The van der Waals surface area contributed by atoms with Crippen molar-refractivity contribution in [2.75, 3.05) is 26.4 Å². The van der Waals surface area contributed by atoms with Gasteiger partial charge in [0.25, 0.3) is 0 Å². The first-order valence-corrected chi connectivity index (χ1v) is 7.77. The SMILES string of the molecule is C1COCCO1.Cl.NC1CC(=O)Oc2c(Br)cc(Br)cc21. The van der Waals surface area contributed by atoms with Gasteiger partial charge >= 0.3 is 5.97 Å². The third-order valence-corrected chi connectivity index (χ3v) is 3.83. The van der Waals surface area contributed by atoms with E-state index in [0.29, 0.717) is 5.75 Å². The van der Waals surface area contributed by atoms with Gasteiger partial charge in [-0.25, -0.2) is 0 Å². The highest BCUT2D eigenvalue weighted by molar-refractivity contribution is 9.11. The fourth-order valence-electron chi connectivity index (χ4n) is 1.85. The van der Waals surface area contributed by atoms with Crippen LogP contribution in [0.2, 0.25) is 0 Å². The Balaban J connectivity index is 0.000000267. The number of fused-ring (bicyclic) bond motifs is 1. The highest BCUT2D eigenvalue weighted by Gasteiger charge is 2.26. The van der Waals surface area contributed by atoms with E-state index in [2.05, 4.69) is 31.9 Å². The summed E-state index contributed by atoms with van der Waals surface area (Å²) in [5, 5.41) is 0. The predicted octanol–water partition coefficient (Wildman–Crippen LogP) is 2.98. The van der Waals surface area contributed by atoms with Crippen LogP contribution in [0, 0.1) is 0 Å². The fourth-order valence-corrected chi connectivity index (χ4v) is 3.19. The van der Waals surface area contributed by atoms with Gasteiger partial charge in [-0.1, -0.05) is 15.9 Å². The molecule has 0 saturated carbocycles. The van der Waals surface area contributed by atoms with Crippen molar-refractivity contribution >= 4 is 50.2 Å². The molecule has 1 saturated heterocycles. The predicted molar refractivity (Wildman–Crippen MR) is 87.9 cm³/mol. The molecule has 118 valence electrons. The number of carbonyl (C=O) groups is 1. The monoisotopic (exact) mass is 443 g/mol. The minimum absolute atomic E-state index is 0. The minimum Gasteiger partial charge on any atom is -0.425 e. The van der Waals surface area contributed by atoms with Crippen molar-refractivity contribution in [1.82, 2.24) is 0 Å². The zero-order valence-electron chi connectivity index (χ0n) is 11.1. The second-order valence-electron chi connectivity index (χ2n) is 4.32. The molecule has 8 heteroatoms. The van der Waals surface area contributed by atoms with Gasteiger partial charge < -0.3 is 19.9 Å². The molecule has 1 aromatic rings. The number of hydrogen-bond donors (Lipinski definition) is 1. The first kappa shape index (κ1) is 18.9. The van der Waals surface area contributed by atoms with Crippen molar-refractivity contribution in [3.8, 4) is 5.75 Å². The third-order valence-electron chi connectivity index (χ3n) is 2.78. The van der Waals surface area contributed by atoms with Gasteiger partial charge in [0.05, 0.1) is 37.3 Å². The van der Waals surface area contributed by atoms with Crippen molar-refractivity contribution in [2.24, 2.45) is 5.73 Å². The van der Waals surface area contributed by atoms with Gasteiger partial charge in [0.15, 0.2) is 0 Å². The molecule has 0 radical (unpaired) electrons. The molecule has 1 atom stereocenters. The number of esters is 1. The van der Waals surface area contributed by atoms with E-state index in [0.717, 1.165) is 40.9 Å². The topological polar surface area (TPSA) is 70.8 Å². The van der Waals surface area contributed by atoms with Crippen molar-refractivity contribution in [1.29, 1.82) is 0 Å². The van der Waals surface area contributed by atoms with Crippen LogP contribution in [0.4, 0.5) is 0 Å². The Kier molecular flexibility index (Phi) is 8.15. The maximum atomic E-state index is 11.1. The molecule has 1 unspecified atom stereocenters. The Morgan fingerprint density at radius 1 is 1.10 bits per heavy atom. The van der Waals surface area contributed by atoms with Crippen molar-refractivity contribution in [3.05, 3.63) is 26.6 Å². The lowest BCUT2D eigenvalue weighted by atomic mass is 10.0. The number of hydrogen-bond acceptors (Lipinski definition) is 5. The van der Waals surface area contributed by atoms with Crippen LogP contribution in [-0.4, -0.2) is 32.4 Å². The van der Waals surface area contributed by atoms with Gasteiger partial charge in [0.1, 0.15) is 5.75 Å². The van der Waals surface area contributed by atoms with E-state index in [1.165, 1.54) is 0 Å². The highest BCUT2D eigenvalue weighted by atomic mass is 79.9. The Morgan fingerprint density at radius 3 is 2.19 bits per heavy atom. The van der Waals surface area contributed by atoms with Gasteiger partial charge in [0.2, 0.25) is 0 Å². The zero-order chi connectivity index (χ0) is 14.5. The number of benzene rings is 1. The Labute approximate surface area is 146 Å². The first-order valence-electron chi connectivity index (χ1n) is 6.18. The number of ether oxygens (including phenoxy) is 3. The van der Waals surface area contributed by atoms with Gasteiger partial charge in [0, 0.05) is 16.1 Å². The van der Waals surface area contributed by atoms with E-state index in [-0.39, 0.29) is 30.8 Å². The molecule has 2 N–H and O–H groups in total. The van der Waals surface area contributed by atoms with Crippen LogP contribution in [0.15, 0.2) is 21.1 Å². The van der Waals surface area contributed by atoms with Gasteiger partial charge in [-0.2, -0.15) is 0 Å². The Hall–Kier alpha value is -0.180. The molecule has 1 fully saturated rings. The molecule has 2 aliphatic rings. The molecule has 2 heterocycles. The fraction of sp³-hybridized carbons (Fsp3) is 0.462. The molecule has 0 spiro atoms. The van der Waals surface area contributed by atoms with E-state index in [9.17, 15) is 4.79 Å². The summed E-state index contributed by atoms with van der Waals surface area (Å²) < 4.78 is 16.6. The van der Waals surface area contributed by atoms with Crippen molar-refractivity contribution < 1.29 is 19.0 Å². The summed E-state index contributed by atoms with van der Waals surface area (Å²) in [5.74, 6) is 0.255. The molecule has 1 aromatic carbocycles. The van der Waals surface area contributed by atoms with E-state index in [1.807, 2.05) is 12.1 Å². The maximum absolute atomic E-state index is 11.1. The van der Waals surface area contributed by atoms with Crippen LogP contribution in [0.25, 0.3) is 0 Å². The Bertz CT molecular complexity index is 486. The minimum atomic E-state index is -0.284. The molecule has 0 aromatic heterocycles. The summed E-state index contributed by atoms with van der Waals surface area (Å²) in [6, 6.07) is 3.42. The second-order valence-corrected chi connectivity index (χ2v) is 6.09. The van der Waals surface area contributed by atoms with Crippen LogP contribution >= 0.6 is 44.3 Å². The number of halogens is 3. The molecule has 3 rings (SSSR count). The maximum Gasteiger partial charge on any atom is 0.313 e. The van der Waals surface area contributed by atoms with Crippen LogP contribution in [0.1, 0.15) is 18.0 Å². The summed E-state index contributed by atoms with van der Waals surface area (Å²) >= 11 is 6.68. The van der Waals surface area contributed by atoms with Crippen LogP contribution in [-0.2, 0) is 14.3 Å². The molecule has 2 aliphatic heterocycles. The lowest BCUT2D eigenvalue weighted by Gasteiger charge is -2.22. The Morgan fingerprint density at radius 2 is 1.67 bits per heavy atom. The van der Waals surface area contributed by atoms with Gasteiger partial charge in [-0.15, -0.1) is 12.4 Å². The normalized spacial score (nSPS) is 20.3. The highest BCUT2D eigenvalue weighted by Crippen LogP contribution is 2.39. The second kappa shape index (κ2) is 9.07. The van der Waals surface area contributed by atoms with Gasteiger partial charge in [-0.3, -0.25) is 4.79 Å². The molecule has 0 aliphatic carbocycles. The number of carbonyl (C=O) groups excluding carboxylic acids is 1. The number of rotatable bonds is 0. The van der Waals surface area contributed by atoms with Crippen molar-refractivity contribution in [3.63, 3.8) is 0 Å². The molecule has 0 amide bonds. The summed E-state index contributed by atoms with van der Waals surface area (Å²) in [6.45, 7) is 3.11. The summed E-state index contributed by atoms with van der Waals surface area (Å²) in [6.07, 6.45) is 0.232. The van der Waals surface area contributed by atoms with Crippen molar-refractivity contribution in [2.45, 2.75) is 12.5 Å². The third kappa shape index (κ3) is 5.50. The zero-order valence-corrected chi connectivity index (χ0v) is 15.1. The van der Waals surface area contributed by atoms with Crippen LogP contribution in [0.3, 0.4) is 0 Å². The molecule has 5 nitrogen and oxygen atoms in total.